The quantitative estimate of drug-likeness (QED) is 0.617. The Morgan fingerprint density at radius 1 is 1.62 bits per heavy atom. The molecule has 0 fully saturated rings. The number of carbonyl (C=O) groups is 1. The van der Waals surface area contributed by atoms with Crippen molar-refractivity contribution in [3.63, 3.8) is 0 Å². The molecule has 0 saturated carbocycles. The van der Waals surface area contributed by atoms with Crippen molar-refractivity contribution in [1.29, 1.82) is 0 Å². The smallest absolute Gasteiger partial charge is 0.262 e. The van der Waals surface area contributed by atoms with Gasteiger partial charge in [-0.25, -0.2) is 0 Å². The van der Waals surface area contributed by atoms with Crippen LogP contribution in [0.5, 0.6) is 0 Å². The van der Waals surface area contributed by atoms with Crippen molar-refractivity contribution >= 4 is 17.2 Å². The van der Waals surface area contributed by atoms with Crippen molar-refractivity contribution in [2.45, 2.75) is 19.8 Å². The van der Waals surface area contributed by atoms with E-state index in [2.05, 4.69) is 24.1 Å². The van der Waals surface area contributed by atoms with Gasteiger partial charge in [-0.2, -0.15) is 0 Å². The second-order valence-electron chi connectivity index (χ2n) is 3.23. The number of aliphatic hydroxyl groups is 1. The topological polar surface area (TPSA) is 49.3 Å². The Balaban J connectivity index is 2.64. The number of hydrogen-bond acceptors (Lipinski definition) is 3. The van der Waals surface area contributed by atoms with Crippen LogP contribution in [0.15, 0.2) is 11.4 Å². The first kappa shape index (κ1) is 12.8. The molecule has 1 aromatic rings. The van der Waals surface area contributed by atoms with Crippen molar-refractivity contribution in [2.75, 3.05) is 13.2 Å². The number of amides is 1. The van der Waals surface area contributed by atoms with Crippen LogP contribution in [0, 0.1) is 11.8 Å². The highest BCUT2D eigenvalue weighted by Gasteiger charge is 2.10. The van der Waals surface area contributed by atoms with Crippen molar-refractivity contribution in [2.24, 2.45) is 0 Å². The van der Waals surface area contributed by atoms with Crippen molar-refractivity contribution < 1.29 is 9.90 Å². The summed E-state index contributed by atoms with van der Waals surface area (Å²) >= 11 is 1.37. The van der Waals surface area contributed by atoms with Gasteiger partial charge in [0, 0.05) is 12.1 Å². The molecule has 0 aromatic carbocycles. The standard InChI is InChI=1S/C12H15NO2S/c1-2-3-7-13-12(15)11-10(5-4-8-14)6-9-16-11/h6,9,14H,2-3,7-8H2,1H3,(H,13,15). The summed E-state index contributed by atoms with van der Waals surface area (Å²) in [6.07, 6.45) is 2.04. The van der Waals surface area contributed by atoms with Crippen LogP contribution in [0.4, 0.5) is 0 Å². The van der Waals surface area contributed by atoms with Gasteiger partial charge in [0.1, 0.15) is 11.5 Å². The van der Waals surface area contributed by atoms with E-state index in [9.17, 15) is 4.79 Å². The molecule has 2 N–H and O–H groups in total. The summed E-state index contributed by atoms with van der Waals surface area (Å²) in [4.78, 5) is 12.4. The zero-order valence-corrected chi connectivity index (χ0v) is 10.1. The third-order valence-corrected chi connectivity index (χ3v) is 2.90. The van der Waals surface area contributed by atoms with Gasteiger partial charge in [-0.1, -0.05) is 25.2 Å². The highest BCUT2D eigenvalue weighted by molar-refractivity contribution is 7.12. The third kappa shape index (κ3) is 3.69. The molecule has 86 valence electrons. The molecule has 16 heavy (non-hydrogen) atoms. The number of hydrogen-bond donors (Lipinski definition) is 2. The maximum absolute atomic E-state index is 11.7. The van der Waals surface area contributed by atoms with Crippen molar-refractivity contribution in [3.05, 3.63) is 21.9 Å². The summed E-state index contributed by atoms with van der Waals surface area (Å²) in [5, 5.41) is 13.3. The molecule has 1 rings (SSSR count). The lowest BCUT2D eigenvalue weighted by molar-refractivity contribution is 0.0957. The summed E-state index contributed by atoms with van der Waals surface area (Å²) in [5.74, 6) is 5.23. The van der Waals surface area contributed by atoms with Gasteiger partial charge in [-0.3, -0.25) is 4.79 Å². The Morgan fingerprint density at radius 3 is 3.12 bits per heavy atom. The third-order valence-electron chi connectivity index (χ3n) is 1.99. The summed E-state index contributed by atoms with van der Waals surface area (Å²) in [7, 11) is 0. The molecule has 1 amide bonds. The molecule has 0 bridgehead atoms. The van der Waals surface area contributed by atoms with Crippen LogP contribution in [0.25, 0.3) is 0 Å². The molecule has 0 aliphatic carbocycles. The second-order valence-corrected chi connectivity index (χ2v) is 4.15. The largest absolute Gasteiger partial charge is 0.384 e. The van der Waals surface area contributed by atoms with E-state index >= 15 is 0 Å². The lowest BCUT2D eigenvalue weighted by atomic mass is 10.2. The first-order valence-electron chi connectivity index (χ1n) is 5.25. The van der Waals surface area contributed by atoms with E-state index in [0.717, 1.165) is 12.8 Å². The lowest BCUT2D eigenvalue weighted by Crippen LogP contribution is -2.24. The normalized spacial score (nSPS) is 9.38. The van der Waals surface area contributed by atoms with Crippen LogP contribution in [0.2, 0.25) is 0 Å². The van der Waals surface area contributed by atoms with Gasteiger partial charge < -0.3 is 10.4 Å². The Bertz CT molecular complexity index is 401. The zero-order chi connectivity index (χ0) is 11.8. The monoisotopic (exact) mass is 237 g/mol. The molecule has 0 atom stereocenters. The van der Waals surface area contributed by atoms with E-state index in [0.29, 0.717) is 17.0 Å². The number of unbranched alkanes of at least 4 members (excludes halogenated alkanes) is 1. The fraction of sp³-hybridized carbons (Fsp3) is 0.417. The molecule has 3 nitrogen and oxygen atoms in total. The maximum atomic E-state index is 11.7. The lowest BCUT2D eigenvalue weighted by Gasteiger charge is -2.02. The average Bonchev–Trinajstić information content (AvgIpc) is 2.74. The van der Waals surface area contributed by atoms with Gasteiger partial charge in [0.05, 0.1) is 0 Å². The van der Waals surface area contributed by atoms with Crippen LogP contribution in [-0.2, 0) is 0 Å². The maximum Gasteiger partial charge on any atom is 0.262 e. The number of rotatable bonds is 4. The summed E-state index contributed by atoms with van der Waals surface area (Å²) in [5.41, 5.74) is 0.688. The minimum absolute atomic E-state index is 0.0781. The van der Waals surface area contributed by atoms with Crippen molar-refractivity contribution in [3.8, 4) is 11.8 Å². The fourth-order valence-electron chi connectivity index (χ4n) is 1.18. The minimum Gasteiger partial charge on any atom is -0.384 e. The van der Waals surface area contributed by atoms with E-state index < -0.39 is 0 Å². The number of aliphatic hydroxyl groups excluding tert-OH is 1. The molecule has 0 aliphatic heterocycles. The average molecular weight is 237 g/mol. The highest BCUT2D eigenvalue weighted by Crippen LogP contribution is 2.15. The molecular formula is C12H15NO2S. The van der Waals surface area contributed by atoms with E-state index in [4.69, 9.17) is 5.11 Å². The number of carbonyl (C=O) groups excluding carboxylic acids is 1. The van der Waals surface area contributed by atoms with Gasteiger partial charge in [-0.15, -0.1) is 11.3 Å². The van der Waals surface area contributed by atoms with E-state index in [1.165, 1.54) is 11.3 Å². The van der Waals surface area contributed by atoms with E-state index in [-0.39, 0.29) is 12.5 Å². The molecule has 0 saturated heterocycles. The Kier molecular flexibility index (Phi) is 5.62. The predicted molar refractivity (Wildman–Crippen MR) is 65.5 cm³/mol. The van der Waals surface area contributed by atoms with Gasteiger partial charge in [0.25, 0.3) is 5.91 Å². The molecular weight excluding hydrogens is 222 g/mol. The van der Waals surface area contributed by atoms with Gasteiger partial charge in [0.15, 0.2) is 0 Å². The van der Waals surface area contributed by atoms with Crippen LogP contribution in [0.3, 0.4) is 0 Å². The molecule has 0 aliphatic rings. The Labute approximate surface area is 99.5 Å². The van der Waals surface area contributed by atoms with E-state index in [1.54, 1.807) is 6.07 Å². The Hall–Kier alpha value is -1.31. The molecule has 1 aromatic heterocycles. The van der Waals surface area contributed by atoms with Crippen LogP contribution < -0.4 is 5.32 Å². The van der Waals surface area contributed by atoms with E-state index in [1.807, 2.05) is 5.38 Å². The highest BCUT2D eigenvalue weighted by atomic mass is 32.1. The fourth-order valence-corrected chi connectivity index (χ4v) is 1.94. The predicted octanol–water partition coefficient (Wildman–Crippen LogP) is 1.62. The van der Waals surface area contributed by atoms with Gasteiger partial charge in [-0.05, 0) is 17.9 Å². The van der Waals surface area contributed by atoms with Crippen molar-refractivity contribution in [1.82, 2.24) is 5.32 Å². The zero-order valence-electron chi connectivity index (χ0n) is 9.25. The molecule has 0 spiro atoms. The Morgan fingerprint density at radius 2 is 2.44 bits per heavy atom. The summed E-state index contributed by atoms with van der Waals surface area (Å²) < 4.78 is 0. The molecule has 0 unspecified atom stereocenters. The first-order valence-corrected chi connectivity index (χ1v) is 6.13. The molecule has 4 heteroatoms. The molecule has 0 radical (unpaired) electrons. The first-order chi connectivity index (χ1) is 7.79. The van der Waals surface area contributed by atoms with Crippen LogP contribution >= 0.6 is 11.3 Å². The van der Waals surface area contributed by atoms with Gasteiger partial charge >= 0.3 is 0 Å². The SMILES string of the molecule is CCCCNC(=O)c1sccc1C#CCO. The number of nitrogens with one attached hydrogen (secondary N) is 1. The molecule has 1 heterocycles. The minimum atomic E-state index is -0.188. The van der Waals surface area contributed by atoms with Crippen LogP contribution in [0.1, 0.15) is 35.0 Å². The second kappa shape index (κ2) is 7.04. The van der Waals surface area contributed by atoms with Crippen LogP contribution in [-0.4, -0.2) is 24.2 Å². The summed E-state index contributed by atoms with van der Waals surface area (Å²) in [6, 6.07) is 1.79. The number of thiophene rings is 1. The van der Waals surface area contributed by atoms with Gasteiger partial charge in [0.2, 0.25) is 0 Å². The summed E-state index contributed by atoms with van der Waals surface area (Å²) in [6.45, 7) is 2.59.